The van der Waals surface area contributed by atoms with Gasteiger partial charge in [-0.25, -0.2) is 4.98 Å². The molecule has 4 heteroatoms. The molecular weight excluding hydrogens is 220 g/mol. The molecule has 1 rings (SSSR count). The van der Waals surface area contributed by atoms with E-state index in [2.05, 4.69) is 30.3 Å². The van der Waals surface area contributed by atoms with E-state index in [1.807, 2.05) is 6.20 Å². The van der Waals surface area contributed by atoms with E-state index in [1.54, 1.807) is 18.0 Å². The van der Waals surface area contributed by atoms with Gasteiger partial charge in [-0.1, -0.05) is 20.8 Å². The minimum absolute atomic E-state index is 0.266. The van der Waals surface area contributed by atoms with Crippen molar-refractivity contribution >= 4 is 17.5 Å². The number of ketones is 1. The summed E-state index contributed by atoms with van der Waals surface area (Å²) in [6.45, 7) is 7.28. The third kappa shape index (κ3) is 4.39. The van der Waals surface area contributed by atoms with Crippen LogP contribution in [0.4, 0.5) is 0 Å². The average Bonchev–Trinajstić information content (AvgIpc) is 2.63. The molecule has 0 aliphatic carbocycles. The Morgan fingerprint density at radius 3 is 2.94 bits per heavy atom. The van der Waals surface area contributed by atoms with E-state index in [-0.39, 0.29) is 5.78 Å². The number of thioether (sulfide) groups is 1. The maximum Gasteiger partial charge on any atom is 0.150 e. The first-order valence-electron chi connectivity index (χ1n) is 5.76. The predicted molar refractivity (Wildman–Crippen MR) is 68.8 cm³/mol. The van der Waals surface area contributed by atoms with Gasteiger partial charge in [-0.3, -0.25) is 4.79 Å². The lowest BCUT2D eigenvalue weighted by Crippen LogP contribution is -2.12. The van der Waals surface area contributed by atoms with Gasteiger partial charge in [0.25, 0.3) is 0 Å². The maximum atomic E-state index is 11.7. The molecular formula is C12H20N2OS. The second-order valence-corrected chi connectivity index (χ2v) is 5.68. The minimum Gasteiger partial charge on any atom is -0.335 e. The number of carbonyl (C=O) groups excluding carboxylic acids is 1. The lowest BCUT2D eigenvalue weighted by Gasteiger charge is -2.06. The third-order valence-corrected chi connectivity index (χ3v) is 3.35. The number of hydrogen-bond donors (Lipinski definition) is 0. The molecule has 3 nitrogen and oxygen atoms in total. The Hall–Kier alpha value is -0.770. The van der Waals surface area contributed by atoms with Gasteiger partial charge in [0, 0.05) is 18.9 Å². The zero-order valence-electron chi connectivity index (χ0n) is 10.3. The molecule has 0 fully saturated rings. The SMILES string of the molecule is CCCn1ccnc1CC(=O)CSC(C)C. The number of rotatable bonds is 7. The molecule has 0 unspecified atom stereocenters. The Bertz CT molecular complexity index is 334. The van der Waals surface area contributed by atoms with Crippen molar-refractivity contribution < 1.29 is 4.79 Å². The highest BCUT2D eigenvalue weighted by Gasteiger charge is 2.09. The molecule has 90 valence electrons. The van der Waals surface area contributed by atoms with Gasteiger partial charge in [0.1, 0.15) is 11.6 Å². The first-order valence-corrected chi connectivity index (χ1v) is 6.81. The average molecular weight is 240 g/mol. The van der Waals surface area contributed by atoms with E-state index in [9.17, 15) is 4.79 Å². The number of nitrogens with zero attached hydrogens (tertiary/aromatic N) is 2. The molecule has 0 bridgehead atoms. The van der Waals surface area contributed by atoms with Crippen LogP contribution in [0, 0.1) is 0 Å². The standard InChI is InChI=1S/C12H20N2OS/c1-4-6-14-7-5-13-12(14)8-11(15)9-16-10(2)3/h5,7,10H,4,6,8-9H2,1-3H3. The van der Waals surface area contributed by atoms with Crippen LogP contribution in [0.15, 0.2) is 12.4 Å². The van der Waals surface area contributed by atoms with Crippen molar-refractivity contribution in [3.8, 4) is 0 Å². The van der Waals surface area contributed by atoms with Crippen LogP contribution in [-0.4, -0.2) is 26.3 Å². The molecule has 1 heterocycles. The summed E-state index contributed by atoms with van der Waals surface area (Å²) in [6.07, 6.45) is 5.25. The van der Waals surface area contributed by atoms with Crippen molar-refractivity contribution in [2.45, 2.75) is 45.4 Å². The van der Waals surface area contributed by atoms with E-state index in [0.29, 0.717) is 17.4 Å². The van der Waals surface area contributed by atoms with Crippen LogP contribution in [0.3, 0.4) is 0 Å². The molecule has 0 aliphatic rings. The largest absolute Gasteiger partial charge is 0.335 e. The molecule has 0 aromatic carbocycles. The molecule has 0 spiro atoms. The zero-order chi connectivity index (χ0) is 12.0. The van der Waals surface area contributed by atoms with E-state index >= 15 is 0 Å². The predicted octanol–water partition coefficient (Wildman–Crippen LogP) is 2.55. The molecule has 0 aliphatic heterocycles. The van der Waals surface area contributed by atoms with Crippen LogP contribution >= 0.6 is 11.8 Å². The molecule has 16 heavy (non-hydrogen) atoms. The van der Waals surface area contributed by atoms with Crippen LogP contribution in [0.1, 0.15) is 33.0 Å². The molecule has 0 amide bonds. The van der Waals surface area contributed by atoms with Crippen molar-refractivity contribution in [3.05, 3.63) is 18.2 Å². The van der Waals surface area contributed by atoms with Gasteiger partial charge in [-0.2, -0.15) is 11.8 Å². The summed E-state index contributed by atoms with van der Waals surface area (Å²) in [5, 5.41) is 0.513. The van der Waals surface area contributed by atoms with E-state index < -0.39 is 0 Å². The lowest BCUT2D eigenvalue weighted by molar-refractivity contribution is -0.116. The van der Waals surface area contributed by atoms with Crippen molar-refractivity contribution in [2.75, 3.05) is 5.75 Å². The number of Topliss-reactive ketones (excluding diaryl/α,β-unsaturated/α-hetero) is 1. The van der Waals surface area contributed by atoms with Gasteiger partial charge in [-0.05, 0) is 11.7 Å². The fourth-order valence-corrected chi connectivity index (χ4v) is 2.06. The Labute approximate surface area is 102 Å². The van der Waals surface area contributed by atoms with Gasteiger partial charge < -0.3 is 4.57 Å². The Morgan fingerprint density at radius 2 is 2.31 bits per heavy atom. The van der Waals surface area contributed by atoms with Crippen LogP contribution in [0.25, 0.3) is 0 Å². The number of imidazole rings is 1. The number of carbonyl (C=O) groups is 1. The molecule has 0 saturated carbocycles. The summed E-state index contributed by atoms with van der Waals surface area (Å²) in [4.78, 5) is 15.9. The van der Waals surface area contributed by atoms with Crippen molar-refractivity contribution in [1.29, 1.82) is 0 Å². The van der Waals surface area contributed by atoms with Crippen molar-refractivity contribution in [1.82, 2.24) is 9.55 Å². The first kappa shape index (κ1) is 13.3. The normalized spacial score (nSPS) is 11.0. The highest BCUT2D eigenvalue weighted by Crippen LogP contribution is 2.10. The van der Waals surface area contributed by atoms with E-state index in [0.717, 1.165) is 18.8 Å². The summed E-state index contributed by atoms with van der Waals surface area (Å²) < 4.78 is 2.07. The third-order valence-electron chi connectivity index (χ3n) is 2.20. The van der Waals surface area contributed by atoms with E-state index in [1.165, 1.54) is 0 Å². The second-order valence-electron chi connectivity index (χ2n) is 4.11. The second kappa shape index (κ2) is 6.74. The number of aromatic nitrogens is 2. The Kier molecular flexibility index (Phi) is 5.60. The quantitative estimate of drug-likeness (QED) is 0.734. The van der Waals surface area contributed by atoms with Crippen LogP contribution < -0.4 is 0 Å². The van der Waals surface area contributed by atoms with Gasteiger partial charge in [0.2, 0.25) is 0 Å². The summed E-state index contributed by atoms with van der Waals surface area (Å²) in [7, 11) is 0. The van der Waals surface area contributed by atoms with Gasteiger partial charge in [0.15, 0.2) is 0 Å². The maximum absolute atomic E-state index is 11.7. The lowest BCUT2D eigenvalue weighted by atomic mass is 10.3. The molecule has 1 aromatic heterocycles. The number of aryl methyl sites for hydroxylation is 1. The van der Waals surface area contributed by atoms with Gasteiger partial charge >= 0.3 is 0 Å². The van der Waals surface area contributed by atoms with Gasteiger partial charge in [0.05, 0.1) is 12.2 Å². The van der Waals surface area contributed by atoms with E-state index in [4.69, 9.17) is 0 Å². The smallest absolute Gasteiger partial charge is 0.150 e. The van der Waals surface area contributed by atoms with Crippen LogP contribution in [0.2, 0.25) is 0 Å². The topological polar surface area (TPSA) is 34.9 Å². The number of hydrogen-bond acceptors (Lipinski definition) is 3. The molecule has 0 atom stereocenters. The molecule has 0 N–H and O–H groups in total. The summed E-state index contributed by atoms with van der Waals surface area (Å²) in [5.74, 6) is 1.76. The Balaban J connectivity index is 2.46. The fraction of sp³-hybridized carbons (Fsp3) is 0.667. The van der Waals surface area contributed by atoms with Gasteiger partial charge in [-0.15, -0.1) is 0 Å². The summed E-state index contributed by atoms with van der Waals surface area (Å²) in [6, 6.07) is 0. The molecule has 1 aromatic rings. The van der Waals surface area contributed by atoms with Crippen LogP contribution in [0.5, 0.6) is 0 Å². The molecule has 0 radical (unpaired) electrons. The van der Waals surface area contributed by atoms with Crippen molar-refractivity contribution in [3.63, 3.8) is 0 Å². The first-order chi connectivity index (χ1) is 7.63. The molecule has 0 saturated heterocycles. The van der Waals surface area contributed by atoms with Crippen molar-refractivity contribution in [2.24, 2.45) is 0 Å². The highest BCUT2D eigenvalue weighted by atomic mass is 32.2. The Morgan fingerprint density at radius 1 is 1.56 bits per heavy atom. The van der Waals surface area contributed by atoms with Crippen LogP contribution in [-0.2, 0) is 17.8 Å². The monoisotopic (exact) mass is 240 g/mol. The summed E-state index contributed by atoms with van der Waals surface area (Å²) >= 11 is 1.69. The summed E-state index contributed by atoms with van der Waals surface area (Å²) in [5.41, 5.74) is 0. The highest BCUT2D eigenvalue weighted by molar-refractivity contribution is 8.00. The fourth-order valence-electron chi connectivity index (χ4n) is 1.44. The minimum atomic E-state index is 0.266. The zero-order valence-corrected chi connectivity index (χ0v) is 11.1.